The first kappa shape index (κ1) is 20.1. The Labute approximate surface area is 154 Å². The van der Waals surface area contributed by atoms with Crippen LogP contribution in [0.15, 0.2) is 28.4 Å². The quantitative estimate of drug-likeness (QED) is 0.389. The van der Waals surface area contributed by atoms with Gasteiger partial charge in [-0.15, -0.1) is 5.10 Å². The molecule has 0 aromatic heterocycles. The van der Waals surface area contributed by atoms with Gasteiger partial charge in [0.05, 0.1) is 19.2 Å². The van der Waals surface area contributed by atoms with Crippen molar-refractivity contribution in [1.82, 2.24) is 5.32 Å². The number of hydrogen-bond donors (Lipinski definition) is 2. The Hall–Kier alpha value is -2.26. The molecule has 1 fully saturated rings. The van der Waals surface area contributed by atoms with Crippen molar-refractivity contribution >= 4 is 35.0 Å². The molecular formula is C17H20FN3O4S. The molecule has 1 aliphatic heterocycles. The molecule has 2 rings (SSSR count). The second kappa shape index (κ2) is 10.0. The van der Waals surface area contributed by atoms with Gasteiger partial charge in [0.15, 0.2) is 5.17 Å². The van der Waals surface area contributed by atoms with Crippen molar-refractivity contribution in [2.75, 3.05) is 6.61 Å². The lowest BCUT2D eigenvalue weighted by Gasteiger charge is -2.05. The number of aliphatic carboxylic acids is 1. The maximum Gasteiger partial charge on any atom is 0.305 e. The molecule has 0 bridgehead atoms. The zero-order valence-electron chi connectivity index (χ0n) is 14.3. The van der Waals surface area contributed by atoms with Crippen molar-refractivity contribution in [3.8, 4) is 0 Å². The minimum atomic E-state index is -1.06. The van der Waals surface area contributed by atoms with Gasteiger partial charge in [-0.2, -0.15) is 5.10 Å². The summed E-state index contributed by atoms with van der Waals surface area (Å²) in [5.74, 6) is -1.86. The third-order valence-electron chi connectivity index (χ3n) is 3.47. The summed E-state index contributed by atoms with van der Waals surface area (Å²) in [5, 5.41) is 18.3. The molecule has 0 spiro atoms. The number of carbonyl (C=O) groups excluding carboxylic acids is 1. The number of thioether (sulfide) groups is 1. The number of ether oxygens (including phenoxy) is 1. The lowest BCUT2D eigenvalue weighted by Crippen LogP contribution is -2.26. The second-order valence-corrected chi connectivity index (χ2v) is 6.79. The van der Waals surface area contributed by atoms with Gasteiger partial charge in [-0.1, -0.05) is 37.2 Å². The first-order valence-electron chi connectivity index (χ1n) is 8.16. The van der Waals surface area contributed by atoms with Crippen molar-refractivity contribution < 1.29 is 23.8 Å². The molecule has 1 saturated heterocycles. The zero-order chi connectivity index (χ0) is 18.9. The second-order valence-electron chi connectivity index (χ2n) is 5.60. The van der Waals surface area contributed by atoms with Crippen LogP contribution in [0.5, 0.6) is 0 Å². The molecule has 1 heterocycles. The van der Waals surface area contributed by atoms with Crippen LogP contribution >= 0.6 is 11.8 Å². The van der Waals surface area contributed by atoms with Crippen molar-refractivity contribution in [1.29, 1.82) is 0 Å². The lowest BCUT2D eigenvalue weighted by molar-refractivity contribution is -0.138. The van der Waals surface area contributed by atoms with Gasteiger partial charge in [0.25, 0.3) is 0 Å². The molecule has 1 unspecified atom stereocenters. The summed E-state index contributed by atoms with van der Waals surface area (Å²) in [6.07, 6.45) is 3.03. The van der Waals surface area contributed by atoms with E-state index in [9.17, 15) is 14.0 Å². The number of carboxylic acids is 1. The molecule has 1 atom stereocenters. The number of unbranched alkanes of at least 4 members (excludes halogenated alkanes) is 1. The fourth-order valence-corrected chi connectivity index (χ4v) is 3.00. The maximum atomic E-state index is 14.0. The number of nitrogens with zero attached hydrogens (tertiary/aromatic N) is 2. The summed E-state index contributed by atoms with van der Waals surface area (Å²) in [5.41, 5.74) is 0.986. The summed E-state index contributed by atoms with van der Waals surface area (Å²) in [7, 11) is 0. The number of rotatable bonds is 9. The number of carboxylic acid groups (broad SMARTS) is 1. The Balaban J connectivity index is 1.91. The first-order valence-corrected chi connectivity index (χ1v) is 9.04. The molecule has 26 heavy (non-hydrogen) atoms. The largest absolute Gasteiger partial charge is 0.481 e. The van der Waals surface area contributed by atoms with E-state index in [1.807, 2.05) is 0 Å². The first-order chi connectivity index (χ1) is 12.5. The third kappa shape index (κ3) is 6.23. The van der Waals surface area contributed by atoms with Crippen LogP contribution in [0.3, 0.4) is 0 Å². The van der Waals surface area contributed by atoms with Gasteiger partial charge in [-0.05, 0) is 18.1 Å². The van der Waals surface area contributed by atoms with Crippen LogP contribution in [0.25, 0.3) is 0 Å². The van der Waals surface area contributed by atoms with Crippen LogP contribution < -0.4 is 5.32 Å². The molecule has 1 amide bonds. The molecule has 1 aromatic carbocycles. The lowest BCUT2D eigenvalue weighted by atomic mass is 10.1. The average Bonchev–Trinajstić information content (AvgIpc) is 2.92. The Morgan fingerprint density at radius 1 is 1.50 bits per heavy atom. The van der Waals surface area contributed by atoms with Crippen LogP contribution in [0.4, 0.5) is 4.39 Å². The fraction of sp³-hybridized carbons (Fsp3) is 0.412. The van der Waals surface area contributed by atoms with Gasteiger partial charge in [0.1, 0.15) is 11.1 Å². The number of carbonyl (C=O) groups is 2. The van der Waals surface area contributed by atoms with E-state index < -0.39 is 17.1 Å². The van der Waals surface area contributed by atoms with E-state index >= 15 is 0 Å². The fourth-order valence-electron chi connectivity index (χ4n) is 2.08. The van der Waals surface area contributed by atoms with Crippen LogP contribution in [0, 0.1) is 5.82 Å². The van der Waals surface area contributed by atoms with Gasteiger partial charge in [0.2, 0.25) is 5.91 Å². The number of halogens is 1. The molecule has 0 aliphatic carbocycles. The normalized spacial score (nSPS) is 18.6. The Kier molecular flexibility index (Phi) is 7.73. The highest BCUT2D eigenvalue weighted by Gasteiger charge is 2.32. The molecule has 0 saturated carbocycles. The van der Waals surface area contributed by atoms with E-state index in [1.54, 1.807) is 12.1 Å². The standard InChI is InChI=1S/C17H20FN3O4S/c1-2-3-6-25-10-12-5-4-11(7-13(12)18)9-19-21-17-20-16(24)14(26-17)8-15(22)23/h4-5,7,9,14H,2-3,6,8,10H2,1H3,(H,22,23)(H,20,21,24). The monoisotopic (exact) mass is 381 g/mol. The molecular weight excluding hydrogens is 361 g/mol. The van der Waals surface area contributed by atoms with E-state index in [0.29, 0.717) is 17.7 Å². The van der Waals surface area contributed by atoms with Crippen LogP contribution in [0.1, 0.15) is 37.3 Å². The van der Waals surface area contributed by atoms with Crippen molar-refractivity contribution in [3.63, 3.8) is 0 Å². The molecule has 7 nitrogen and oxygen atoms in total. The van der Waals surface area contributed by atoms with Crippen LogP contribution in [-0.2, 0) is 20.9 Å². The summed E-state index contributed by atoms with van der Waals surface area (Å²) in [6, 6.07) is 4.65. The molecule has 0 radical (unpaired) electrons. The molecule has 1 aromatic rings. The van der Waals surface area contributed by atoms with E-state index in [4.69, 9.17) is 9.84 Å². The van der Waals surface area contributed by atoms with Gasteiger partial charge >= 0.3 is 5.97 Å². The minimum Gasteiger partial charge on any atom is -0.481 e. The van der Waals surface area contributed by atoms with Gasteiger partial charge in [-0.3, -0.25) is 9.59 Å². The smallest absolute Gasteiger partial charge is 0.305 e. The zero-order valence-corrected chi connectivity index (χ0v) is 15.1. The van der Waals surface area contributed by atoms with Gasteiger partial charge in [-0.25, -0.2) is 4.39 Å². The van der Waals surface area contributed by atoms with Gasteiger partial charge < -0.3 is 15.2 Å². The number of hydrogen-bond acceptors (Lipinski definition) is 6. The highest BCUT2D eigenvalue weighted by molar-refractivity contribution is 8.15. The summed E-state index contributed by atoms with van der Waals surface area (Å²) in [6.45, 7) is 2.88. The third-order valence-corrected chi connectivity index (χ3v) is 4.54. The molecule has 2 N–H and O–H groups in total. The highest BCUT2D eigenvalue weighted by atomic mass is 32.2. The Morgan fingerprint density at radius 2 is 2.31 bits per heavy atom. The van der Waals surface area contributed by atoms with Gasteiger partial charge in [0, 0.05) is 12.2 Å². The summed E-state index contributed by atoms with van der Waals surface area (Å²) < 4.78 is 19.4. The number of nitrogens with one attached hydrogen (secondary N) is 1. The van der Waals surface area contributed by atoms with Crippen molar-refractivity contribution in [2.24, 2.45) is 10.2 Å². The van der Waals surface area contributed by atoms with E-state index in [2.05, 4.69) is 22.4 Å². The Bertz CT molecular complexity index is 724. The molecule has 1 aliphatic rings. The average molecular weight is 381 g/mol. The van der Waals surface area contributed by atoms with Crippen molar-refractivity contribution in [2.45, 2.75) is 38.0 Å². The minimum absolute atomic E-state index is 0.221. The predicted octanol–water partition coefficient (Wildman–Crippen LogP) is 2.54. The maximum absolute atomic E-state index is 14.0. The molecule has 9 heteroatoms. The van der Waals surface area contributed by atoms with Crippen LogP contribution in [-0.4, -0.2) is 40.2 Å². The van der Waals surface area contributed by atoms with E-state index in [-0.39, 0.29) is 24.0 Å². The number of amidine groups is 1. The van der Waals surface area contributed by atoms with E-state index in [0.717, 1.165) is 24.6 Å². The number of benzene rings is 1. The SMILES string of the molecule is CCCCOCc1ccc(C=NN=C2NC(=O)C(CC(=O)O)S2)cc1F. The predicted molar refractivity (Wildman–Crippen MR) is 97.8 cm³/mol. The van der Waals surface area contributed by atoms with Crippen molar-refractivity contribution in [3.05, 3.63) is 35.1 Å². The highest BCUT2D eigenvalue weighted by Crippen LogP contribution is 2.22. The summed E-state index contributed by atoms with van der Waals surface area (Å²) in [4.78, 5) is 22.2. The topological polar surface area (TPSA) is 100 Å². The summed E-state index contributed by atoms with van der Waals surface area (Å²) >= 11 is 1.00. The number of amides is 1. The Morgan fingerprint density at radius 3 is 3.00 bits per heavy atom. The van der Waals surface area contributed by atoms with E-state index in [1.165, 1.54) is 12.3 Å². The molecule has 140 valence electrons. The van der Waals surface area contributed by atoms with Crippen LogP contribution in [0.2, 0.25) is 0 Å².